The third-order valence-corrected chi connectivity index (χ3v) is 2.05. The van der Waals surface area contributed by atoms with Crippen LogP contribution in [0, 0.1) is 5.92 Å². The fourth-order valence-electron chi connectivity index (χ4n) is 1.28. The van der Waals surface area contributed by atoms with Crippen LogP contribution in [0.25, 0.3) is 0 Å². The fourth-order valence-corrected chi connectivity index (χ4v) is 1.28. The van der Waals surface area contributed by atoms with Crippen molar-refractivity contribution in [2.24, 2.45) is 11.7 Å². The van der Waals surface area contributed by atoms with E-state index in [1.54, 1.807) is 6.92 Å². The van der Waals surface area contributed by atoms with Crippen molar-refractivity contribution in [3.63, 3.8) is 0 Å². The zero-order valence-electron chi connectivity index (χ0n) is 6.34. The Hall–Kier alpha value is -0.120. The van der Waals surface area contributed by atoms with Crippen molar-refractivity contribution in [3.05, 3.63) is 0 Å². The molecule has 0 amide bonds. The first kappa shape index (κ1) is 7.98. The van der Waals surface area contributed by atoms with E-state index in [9.17, 15) is 5.11 Å². The summed E-state index contributed by atoms with van der Waals surface area (Å²) in [6.07, 6.45) is 1.76. The van der Waals surface area contributed by atoms with Crippen molar-refractivity contribution in [1.82, 2.24) is 0 Å². The van der Waals surface area contributed by atoms with Gasteiger partial charge in [0.1, 0.15) is 5.72 Å². The van der Waals surface area contributed by atoms with E-state index in [4.69, 9.17) is 10.5 Å². The topological polar surface area (TPSA) is 55.5 Å². The lowest BCUT2D eigenvalue weighted by Crippen LogP contribution is -2.46. The Morgan fingerprint density at radius 3 is 2.30 bits per heavy atom. The highest BCUT2D eigenvalue weighted by molar-refractivity contribution is 4.77. The first-order chi connectivity index (χ1) is 4.61. The highest BCUT2D eigenvalue weighted by Gasteiger charge is 2.28. The summed E-state index contributed by atoms with van der Waals surface area (Å²) in [6.45, 7) is 3.12. The van der Waals surface area contributed by atoms with Gasteiger partial charge in [-0.25, -0.2) is 0 Å². The van der Waals surface area contributed by atoms with E-state index < -0.39 is 5.72 Å². The molecule has 1 aliphatic heterocycles. The third kappa shape index (κ3) is 1.94. The minimum atomic E-state index is -1.01. The zero-order valence-corrected chi connectivity index (χ0v) is 6.34. The molecule has 0 saturated carbocycles. The van der Waals surface area contributed by atoms with Crippen LogP contribution in [0.3, 0.4) is 0 Å². The number of rotatable bonds is 1. The largest absolute Gasteiger partial charge is 0.381 e. The van der Waals surface area contributed by atoms with Gasteiger partial charge in [-0.3, -0.25) is 0 Å². The first-order valence-electron chi connectivity index (χ1n) is 3.69. The summed E-state index contributed by atoms with van der Waals surface area (Å²) in [5.41, 5.74) is 4.50. The molecule has 60 valence electrons. The lowest BCUT2D eigenvalue weighted by atomic mass is 9.90. The van der Waals surface area contributed by atoms with Crippen LogP contribution in [0.15, 0.2) is 0 Å². The molecule has 3 N–H and O–H groups in total. The Morgan fingerprint density at radius 2 is 2.00 bits per heavy atom. The van der Waals surface area contributed by atoms with Crippen molar-refractivity contribution < 1.29 is 9.84 Å². The van der Waals surface area contributed by atoms with E-state index in [1.807, 2.05) is 0 Å². The molecule has 0 aromatic heterocycles. The van der Waals surface area contributed by atoms with Gasteiger partial charge in [0.2, 0.25) is 0 Å². The molecule has 0 aliphatic carbocycles. The molecule has 1 saturated heterocycles. The summed E-state index contributed by atoms with van der Waals surface area (Å²) in [6, 6.07) is 0. The normalized spacial score (nSPS) is 27.9. The van der Waals surface area contributed by atoms with E-state index >= 15 is 0 Å². The van der Waals surface area contributed by atoms with E-state index in [-0.39, 0.29) is 5.92 Å². The highest BCUT2D eigenvalue weighted by Crippen LogP contribution is 2.22. The van der Waals surface area contributed by atoms with Crippen LogP contribution in [0.1, 0.15) is 19.8 Å². The molecule has 1 heterocycles. The summed E-state index contributed by atoms with van der Waals surface area (Å²) < 4.78 is 5.13. The molecule has 3 nitrogen and oxygen atoms in total. The van der Waals surface area contributed by atoms with Gasteiger partial charge in [-0.2, -0.15) is 0 Å². The lowest BCUT2D eigenvalue weighted by Gasteiger charge is -2.31. The second kappa shape index (κ2) is 2.86. The molecule has 0 bridgehead atoms. The molecule has 0 aromatic carbocycles. The average molecular weight is 145 g/mol. The molecule has 10 heavy (non-hydrogen) atoms. The van der Waals surface area contributed by atoms with Gasteiger partial charge in [0.15, 0.2) is 0 Å². The van der Waals surface area contributed by atoms with E-state index in [1.165, 1.54) is 0 Å². The summed E-state index contributed by atoms with van der Waals surface area (Å²) in [5, 5.41) is 9.36. The van der Waals surface area contributed by atoms with E-state index in [0.29, 0.717) is 0 Å². The van der Waals surface area contributed by atoms with Gasteiger partial charge in [0.25, 0.3) is 0 Å². The SMILES string of the molecule is CC(N)(O)C1CCOCC1. The summed E-state index contributed by atoms with van der Waals surface area (Å²) >= 11 is 0. The van der Waals surface area contributed by atoms with Crippen molar-refractivity contribution >= 4 is 0 Å². The molecular formula is C7H15NO2. The molecule has 0 spiro atoms. The number of aliphatic hydroxyl groups is 1. The maximum Gasteiger partial charge on any atom is 0.113 e. The second-order valence-corrected chi connectivity index (χ2v) is 3.11. The number of nitrogens with two attached hydrogens (primary N) is 1. The third-order valence-electron chi connectivity index (χ3n) is 2.05. The van der Waals surface area contributed by atoms with Crippen LogP contribution in [-0.2, 0) is 4.74 Å². The van der Waals surface area contributed by atoms with Gasteiger partial charge >= 0.3 is 0 Å². The van der Waals surface area contributed by atoms with Crippen LogP contribution in [0.5, 0.6) is 0 Å². The quantitative estimate of drug-likeness (QED) is 0.514. The Kier molecular flexibility index (Phi) is 2.28. The summed E-state index contributed by atoms with van der Waals surface area (Å²) in [4.78, 5) is 0. The summed E-state index contributed by atoms with van der Waals surface area (Å²) in [7, 11) is 0. The summed E-state index contributed by atoms with van der Waals surface area (Å²) in [5.74, 6) is 0.209. The van der Waals surface area contributed by atoms with Crippen molar-refractivity contribution in [2.45, 2.75) is 25.5 Å². The van der Waals surface area contributed by atoms with Gasteiger partial charge in [0, 0.05) is 19.1 Å². The maximum atomic E-state index is 9.36. The molecule has 0 radical (unpaired) electrons. The first-order valence-corrected chi connectivity index (χ1v) is 3.69. The molecule has 0 aromatic rings. The van der Waals surface area contributed by atoms with Crippen LogP contribution in [0.4, 0.5) is 0 Å². The minimum Gasteiger partial charge on any atom is -0.381 e. The van der Waals surface area contributed by atoms with Crippen LogP contribution >= 0.6 is 0 Å². The standard InChI is InChI=1S/C7H15NO2/c1-7(8,9)6-2-4-10-5-3-6/h6,9H,2-5,8H2,1H3. The Labute approximate surface area is 61.2 Å². The second-order valence-electron chi connectivity index (χ2n) is 3.11. The lowest BCUT2D eigenvalue weighted by molar-refractivity contribution is -0.0494. The van der Waals surface area contributed by atoms with Gasteiger partial charge < -0.3 is 15.6 Å². The average Bonchev–Trinajstić information content (AvgIpc) is 1.88. The predicted octanol–water partition coefficient (Wildman–Crippen LogP) is 0.0802. The molecule has 1 unspecified atom stereocenters. The zero-order chi connectivity index (χ0) is 7.61. The van der Waals surface area contributed by atoms with Crippen molar-refractivity contribution in [1.29, 1.82) is 0 Å². The van der Waals surface area contributed by atoms with Crippen LogP contribution in [-0.4, -0.2) is 24.0 Å². The predicted molar refractivity (Wildman–Crippen MR) is 38.4 cm³/mol. The maximum absolute atomic E-state index is 9.36. The van der Waals surface area contributed by atoms with E-state index in [0.717, 1.165) is 26.1 Å². The van der Waals surface area contributed by atoms with E-state index in [2.05, 4.69) is 0 Å². The van der Waals surface area contributed by atoms with Crippen molar-refractivity contribution in [2.75, 3.05) is 13.2 Å². The number of hydrogen-bond donors (Lipinski definition) is 2. The van der Waals surface area contributed by atoms with Gasteiger partial charge in [-0.05, 0) is 19.8 Å². The number of hydrogen-bond acceptors (Lipinski definition) is 3. The monoisotopic (exact) mass is 145 g/mol. The van der Waals surface area contributed by atoms with Crippen LogP contribution in [0.2, 0.25) is 0 Å². The van der Waals surface area contributed by atoms with Gasteiger partial charge in [-0.15, -0.1) is 0 Å². The van der Waals surface area contributed by atoms with Gasteiger partial charge in [0.05, 0.1) is 0 Å². The Morgan fingerprint density at radius 1 is 1.50 bits per heavy atom. The molecule has 1 atom stereocenters. The smallest absolute Gasteiger partial charge is 0.113 e. The minimum absolute atomic E-state index is 0.209. The van der Waals surface area contributed by atoms with Gasteiger partial charge in [-0.1, -0.05) is 0 Å². The molecule has 1 aliphatic rings. The molecule has 1 fully saturated rings. The highest BCUT2D eigenvalue weighted by atomic mass is 16.5. The molecule has 3 heteroatoms. The Balaban J connectivity index is 2.39. The fraction of sp³-hybridized carbons (Fsp3) is 1.00. The van der Waals surface area contributed by atoms with Crippen LogP contribution < -0.4 is 5.73 Å². The number of ether oxygens (including phenoxy) is 1. The molecular weight excluding hydrogens is 130 g/mol. The van der Waals surface area contributed by atoms with Crippen molar-refractivity contribution in [3.8, 4) is 0 Å². The molecule has 1 rings (SSSR count). The Bertz CT molecular complexity index is 103.